The van der Waals surface area contributed by atoms with E-state index in [2.05, 4.69) is 32.0 Å². The summed E-state index contributed by atoms with van der Waals surface area (Å²) in [6.45, 7) is 10.9. The summed E-state index contributed by atoms with van der Waals surface area (Å²) in [5, 5.41) is 3.48. The van der Waals surface area contributed by atoms with Crippen molar-refractivity contribution in [2.45, 2.75) is 88.3 Å². The fraction of sp³-hybridized carbons (Fsp3) is 0.641. The molecule has 12 heteroatoms. The molecule has 2 amide bonds. The molecule has 0 aromatic heterocycles. The number of anilines is 1. The second-order valence-electron chi connectivity index (χ2n) is 16.0. The summed E-state index contributed by atoms with van der Waals surface area (Å²) in [7, 11) is -3.96. The zero-order valence-electron chi connectivity index (χ0n) is 30.2. The van der Waals surface area contributed by atoms with Gasteiger partial charge in [-0.25, -0.2) is 13.1 Å². The number of hydrogen-bond donors (Lipinski definition) is 2. The first-order chi connectivity index (χ1) is 24.4. The molecule has 0 unspecified atom stereocenters. The normalized spacial score (nSPS) is 32.7. The van der Waals surface area contributed by atoms with Gasteiger partial charge in [0.2, 0.25) is 15.9 Å². The highest BCUT2D eigenvalue weighted by molar-refractivity contribution is 7.90. The van der Waals surface area contributed by atoms with Gasteiger partial charge >= 0.3 is 0 Å². The van der Waals surface area contributed by atoms with E-state index >= 15 is 0 Å². The Morgan fingerprint density at radius 1 is 1.06 bits per heavy atom. The van der Waals surface area contributed by atoms with Crippen molar-refractivity contribution in [3.05, 3.63) is 58.1 Å². The third-order valence-corrected chi connectivity index (χ3v) is 14.9. The van der Waals surface area contributed by atoms with Crippen LogP contribution in [0.1, 0.15) is 87.2 Å². The van der Waals surface area contributed by atoms with E-state index in [4.69, 9.17) is 21.1 Å². The molecule has 3 aliphatic heterocycles. The lowest BCUT2D eigenvalue weighted by molar-refractivity contribution is -0.124. The summed E-state index contributed by atoms with van der Waals surface area (Å²) < 4.78 is 42.0. The zero-order chi connectivity index (χ0) is 36.0. The number of halogens is 1. The summed E-state index contributed by atoms with van der Waals surface area (Å²) in [4.78, 5) is 31.6. The maximum absolute atomic E-state index is 13.6. The summed E-state index contributed by atoms with van der Waals surface area (Å²) in [5.41, 5.74) is 2.83. The molecule has 2 aromatic carbocycles. The molecule has 5 aliphatic rings. The molecule has 0 radical (unpaired) electrons. The smallest absolute Gasteiger partial charge is 0.264 e. The Morgan fingerprint density at radius 2 is 1.86 bits per heavy atom. The molecule has 2 aliphatic carbocycles. The highest BCUT2D eigenvalue weighted by Crippen LogP contribution is 2.49. The Balaban J connectivity index is 1.32. The monoisotopic (exact) mass is 740 g/mol. The van der Waals surface area contributed by atoms with Gasteiger partial charge in [-0.3, -0.25) is 14.5 Å². The minimum absolute atomic E-state index is 0.0374. The summed E-state index contributed by atoms with van der Waals surface area (Å²) in [5.74, 6) is 0.339. The number of benzene rings is 2. The lowest BCUT2D eigenvalue weighted by Crippen LogP contribution is -2.65. The van der Waals surface area contributed by atoms with Crippen molar-refractivity contribution in [1.29, 1.82) is 0 Å². The van der Waals surface area contributed by atoms with Crippen LogP contribution < -0.4 is 19.7 Å². The van der Waals surface area contributed by atoms with Crippen LogP contribution in [-0.4, -0.2) is 88.5 Å². The molecule has 10 nitrogen and oxygen atoms in total. The molecule has 1 saturated carbocycles. The lowest BCUT2D eigenvalue weighted by atomic mass is 9.60. The quantitative estimate of drug-likeness (QED) is 0.435. The number of carbonyl (C=O) groups excluding carboxylic acids is 2. The fourth-order valence-electron chi connectivity index (χ4n) is 9.70. The van der Waals surface area contributed by atoms with Crippen molar-refractivity contribution in [3.8, 4) is 5.75 Å². The van der Waals surface area contributed by atoms with Gasteiger partial charge in [0.15, 0.2) is 0 Å². The summed E-state index contributed by atoms with van der Waals surface area (Å²) in [6, 6.07) is 11.5. The standard InChI is InChI=1S/C39H53ClN4O6S/c1-26-6-4-15-39(41-28(3)45,24-43-16-18-49-19-17-43)34-11-8-31(34)22-44-23-38(14-5-7-29-20-32(40)10-12-33(29)38)25-50-36-13-9-30(21-35(36)44)37(46)42-51(47,48)27(26)2/h9-10,12-13,20-21,26-27,31,34H,4-8,11,14-19,22-25H2,1-3H3,(H,41,45)(H,42,46)/t26-,27+,31-,34+,38-,39-/m0/s1. The van der Waals surface area contributed by atoms with Crippen LogP contribution in [-0.2, 0) is 31.4 Å². The second-order valence-corrected chi connectivity index (χ2v) is 18.5. The van der Waals surface area contributed by atoms with E-state index in [0.29, 0.717) is 38.5 Å². The van der Waals surface area contributed by atoms with E-state index in [1.165, 1.54) is 11.1 Å². The molecule has 3 heterocycles. The van der Waals surface area contributed by atoms with Crippen molar-refractivity contribution >= 4 is 39.1 Å². The zero-order valence-corrected chi connectivity index (χ0v) is 31.8. The van der Waals surface area contributed by atoms with E-state index in [1.807, 2.05) is 25.1 Å². The van der Waals surface area contributed by atoms with Gasteiger partial charge in [-0.2, -0.15) is 0 Å². The molecule has 2 fully saturated rings. The maximum Gasteiger partial charge on any atom is 0.264 e. The molecule has 51 heavy (non-hydrogen) atoms. The van der Waals surface area contributed by atoms with Gasteiger partial charge < -0.3 is 19.7 Å². The number of fused-ring (bicyclic) bond motifs is 4. The van der Waals surface area contributed by atoms with Crippen molar-refractivity contribution < 1.29 is 27.5 Å². The number of morpholine rings is 1. The minimum Gasteiger partial charge on any atom is -0.490 e. The Labute approximate surface area is 308 Å². The van der Waals surface area contributed by atoms with Crippen LogP contribution in [0.15, 0.2) is 36.4 Å². The van der Waals surface area contributed by atoms with Gasteiger partial charge in [-0.15, -0.1) is 0 Å². The number of ether oxygens (including phenoxy) is 2. The molecule has 1 saturated heterocycles. The molecule has 6 atom stereocenters. The second kappa shape index (κ2) is 14.5. The predicted molar refractivity (Wildman–Crippen MR) is 199 cm³/mol. The van der Waals surface area contributed by atoms with Crippen LogP contribution in [0.25, 0.3) is 0 Å². The first-order valence-electron chi connectivity index (χ1n) is 18.8. The first kappa shape index (κ1) is 36.5. The number of hydrogen-bond acceptors (Lipinski definition) is 8. The molecule has 1 spiro atoms. The number of rotatable bonds is 3. The Bertz CT molecular complexity index is 1750. The van der Waals surface area contributed by atoms with Crippen molar-refractivity contribution in [1.82, 2.24) is 14.9 Å². The van der Waals surface area contributed by atoms with E-state index < -0.39 is 26.7 Å². The lowest BCUT2D eigenvalue weighted by Gasteiger charge is -2.54. The van der Waals surface area contributed by atoms with Gasteiger partial charge in [-0.1, -0.05) is 31.0 Å². The van der Waals surface area contributed by atoms with Crippen molar-refractivity contribution in [2.24, 2.45) is 17.8 Å². The molecule has 2 bridgehead atoms. The van der Waals surface area contributed by atoms with Crippen LogP contribution in [0.2, 0.25) is 5.02 Å². The van der Waals surface area contributed by atoms with Crippen LogP contribution >= 0.6 is 11.6 Å². The molecular weight excluding hydrogens is 688 g/mol. The Hall–Kier alpha value is -2.86. The molecule has 2 N–H and O–H groups in total. The van der Waals surface area contributed by atoms with Crippen molar-refractivity contribution in [2.75, 3.05) is 57.4 Å². The average Bonchev–Trinajstić information content (AvgIpc) is 3.22. The molecule has 2 aromatic rings. The van der Waals surface area contributed by atoms with Crippen LogP contribution in [0, 0.1) is 17.8 Å². The third kappa shape index (κ3) is 7.37. The van der Waals surface area contributed by atoms with Gasteiger partial charge in [0, 0.05) is 55.6 Å². The predicted octanol–water partition coefficient (Wildman–Crippen LogP) is 5.31. The number of sulfonamides is 1. The van der Waals surface area contributed by atoms with E-state index in [0.717, 1.165) is 81.8 Å². The minimum atomic E-state index is -3.96. The summed E-state index contributed by atoms with van der Waals surface area (Å²) in [6.07, 6.45) is 7.13. The maximum atomic E-state index is 13.6. The highest BCUT2D eigenvalue weighted by Gasteiger charge is 2.50. The van der Waals surface area contributed by atoms with Crippen LogP contribution in [0.4, 0.5) is 5.69 Å². The Kier molecular flexibility index (Phi) is 10.4. The summed E-state index contributed by atoms with van der Waals surface area (Å²) >= 11 is 6.49. The van der Waals surface area contributed by atoms with Gasteiger partial charge in [0.1, 0.15) is 5.75 Å². The van der Waals surface area contributed by atoms with E-state index in [-0.39, 0.29) is 34.6 Å². The highest BCUT2D eigenvalue weighted by atomic mass is 35.5. The molecule has 278 valence electrons. The van der Waals surface area contributed by atoms with E-state index in [9.17, 15) is 18.0 Å². The number of nitrogens with one attached hydrogen (secondary N) is 2. The number of aryl methyl sites for hydroxylation is 1. The number of amides is 2. The van der Waals surface area contributed by atoms with Gasteiger partial charge in [-0.05, 0) is 111 Å². The van der Waals surface area contributed by atoms with Crippen LogP contribution in [0.3, 0.4) is 0 Å². The SMILES string of the molecule is CC(=O)N[C@]1(CN2CCOCC2)CCC[C@H](C)[C@@H](C)S(=O)(=O)NC(=O)c2ccc3c(c2)N(C[C@@H]2CC[C@H]21)C[C@@]1(CCCc2cc(Cl)ccc21)CO3. The molecular formula is C39H53ClN4O6S. The third-order valence-electron chi connectivity index (χ3n) is 12.7. The van der Waals surface area contributed by atoms with Gasteiger partial charge in [0.25, 0.3) is 5.91 Å². The van der Waals surface area contributed by atoms with E-state index in [1.54, 1.807) is 19.9 Å². The number of carbonyl (C=O) groups is 2. The fourth-order valence-corrected chi connectivity index (χ4v) is 11.2. The van der Waals surface area contributed by atoms with Crippen molar-refractivity contribution in [3.63, 3.8) is 0 Å². The van der Waals surface area contributed by atoms with Gasteiger partial charge in [0.05, 0.1) is 36.3 Å². The number of nitrogens with zero attached hydrogens (tertiary/aromatic N) is 2. The topological polar surface area (TPSA) is 117 Å². The Morgan fingerprint density at radius 3 is 2.61 bits per heavy atom. The molecule has 7 rings (SSSR count). The average molecular weight is 741 g/mol. The van der Waals surface area contributed by atoms with Crippen LogP contribution in [0.5, 0.6) is 5.75 Å². The largest absolute Gasteiger partial charge is 0.490 e. The first-order valence-corrected chi connectivity index (χ1v) is 20.8.